The number of carboxylic acid groups (broad SMARTS) is 1. The van der Waals surface area contributed by atoms with Gasteiger partial charge >= 0.3 is 5.97 Å². The number of amides is 2. The van der Waals surface area contributed by atoms with E-state index < -0.39 is 17.8 Å². The first kappa shape index (κ1) is 26.1. The molecule has 0 atom stereocenters. The molecule has 0 aliphatic carbocycles. The van der Waals surface area contributed by atoms with Gasteiger partial charge in [-0.3, -0.25) is 20.4 Å². The average Bonchev–Trinajstić information content (AvgIpc) is 2.83. The summed E-state index contributed by atoms with van der Waals surface area (Å²) in [7, 11) is 1.73. The number of nitrogens with zero attached hydrogens (tertiary/aromatic N) is 1. The van der Waals surface area contributed by atoms with Gasteiger partial charge in [-0.05, 0) is 74.4 Å². The highest BCUT2D eigenvalue weighted by Gasteiger charge is 2.23. The molecule has 0 heterocycles. The van der Waals surface area contributed by atoms with E-state index in [4.69, 9.17) is 11.1 Å². The van der Waals surface area contributed by atoms with E-state index in [-0.39, 0.29) is 28.1 Å². The number of nitrogens with two attached hydrogens (primary N) is 1. The van der Waals surface area contributed by atoms with Crippen molar-refractivity contribution < 1.29 is 19.5 Å². The summed E-state index contributed by atoms with van der Waals surface area (Å²) in [5.74, 6) is -2.19. The highest BCUT2D eigenvalue weighted by atomic mass is 16.4. The lowest BCUT2D eigenvalue weighted by Crippen LogP contribution is -2.50. The van der Waals surface area contributed by atoms with Gasteiger partial charge in [0.15, 0.2) is 0 Å². The van der Waals surface area contributed by atoms with Gasteiger partial charge < -0.3 is 16.2 Å². The van der Waals surface area contributed by atoms with E-state index in [0.29, 0.717) is 22.4 Å². The highest BCUT2D eigenvalue weighted by molar-refractivity contribution is 6.11. The molecule has 9 heteroatoms. The molecule has 0 aliphatic rings. The number of amidine groups is 1. The van der Waals surface area contributed by atoms with Gasteiger partial charge in [0.05, 0.1) is 5.56 Å². The molecule has 9 nitrogen and oxygen atoms in total. The van der Waals surface area contributed by atoms with Gasteiger partial charge in [-0.1, -0.05) is 24.3 Å². The Kier molecular flexibility index (Phi) is 7.55. The van der Waals surface area contributed by atoms with E-state index in [1.807, 2.05) is 20.8 Å². The van der Waals surface area contributed by atoms with Crippen LogP contribution in [0.5, 0.6) is 0 Å². The second-order valence-corrected chi connectivity index (χ2v) is 9.23. The molecule has 0 unspecified atom stereocenters. The first-order valence-corrected chi connectivity index (χ1v) is 11.2. The Morgan fingerprint density at radius 3 is 2.03 bits per heavy atom. The molecule has 186 valence electrons. The zero-order valence-electron chi connectivity index (χ0n) is 20.5. The molecule has 3 rings (SSSR count). The van der Waals surface area contributed by atoms with Crippen LogP contribution in [0.3, 0.4) is 0 Å². The Labute approximate surface area is 209 Å². The van der Waals surface area contributed by atoms with Crippen molar-refractivity contribution in [2.24, 2.45) is 5.73 Å². The van der Waals surface area contributed by atoms with E-state index in [1.54, 1.807) is 60.6 Å². The number of nitrogen functional groups attached to an aromatic ring is 1. The van der Waals surface area contributed by atoms with Gasteiger partial charge in [0.2, 0.25) is 0 Å². The maximum Gasteiger partial charge on any atom is 0.336 e. The van der Waals surface area contributed by atoms with Crippen molar-refractivity contribution >= 4 is 29.3 Å². The lowest BCUT2D eigenvalue weighted by atomic mass is 9.93. The average molecular weight is 488 g/mol. The lowest BCUT2D eigenvalue weighted by Gasteiger charge is -2.31. The van der Waals surface area contributed by atoms with E-state index in [9.17, 15) is 19.5 Å². The van der Waals surface area contributed by atoms with Crippen LogP contribution in [0.1, 0.15) is 57.4 Å². The molecule has 0 aromatic heterocycles. The van der Waals surface area contributed by atoms with Crippen LogP contribution in [0.15, 0.2) is 66.7 Å². The minimum atomic E-state index is -1.22. The molecule has 6 N–H and O–H groups in total. The van der Waals surface area contributed by atoms with Gasteiger partial charge in [-0.2, -0.15) is 0 Å². The van der Waals surface area contributed by atoms with Crippen molar-refractivity contribution in [3.05, 3.63) is 89.0 Å². The van der Waals surface area contributed by atoms with Crippen LogP contribution >= 0.6 is 0 Å². The third kappa shape index (κ3) is 5.94. The summed E-state index contributed by atoms with van der Waals surface area (Å²) in [6.45, 7) is 5.79. The molecule has 2 amide bonds. The van der Waals surface area contributed by atoms with Gasteiger partial charge in [-0.25, -0.2) is 9.80 Å². The largest absolute Gasteiger partial charge is 0.478 e. The number of nitrogens with one attached hydrogen (secondary N) is 3. The topological polar surface area (TPSA) is 149 Å². The summed E-state index contributed by atoms with van der Waals surface area (Å²) in [6.07, 6.45) is 0. The van der Waals surface area contributed by atoms with E-state index in [1.165, 1.54) is 18.2 Å². The molecule has 3 aromatic carbocycles. The SMILES string of the molecule is CN(NC(=O)c1ccc(-c2ccccc2C(=O)Nc2ccc(C(=N)N)cc2)c(C(=O)O)c1)C(C)(C)C. The lowest BCUT2D eigenvalue weighted by molar-refractivity contribution is 0.0643. The van der Waals surface area contributed by atoms with Crippen molar-refractivity contribution in [1.29, 1.82) is 5.41 Å². The number of benzene rings is 3. The predicted molar refractivity (Wildman–Crippen MR) is 139 cm³/mol. The molecular formula is C27H29N5O4. The monoisotopic (exact) mass is 487 g/mol. The van der Waals surface area contributed by atoms with Crippen molar-refractivity contribution in [3.8, 4) is 11.1 Å². The number of hydrogen-bond donors (Lipinski definition) is 5. The third-order valence-electron chi connectivity index (χ3n) is 5.70. The zero-order chi connectivity index (χ0) is 26.6. The molecule has 36 heavy (non-hydrogen) atoms. The van der Waals surface area contributed by atoms with Crippen molar-refractivity contribution in [2.75, 3.05) is 12.4 Å². The second kappa shape index (κ2) is 10.4. The van der Waals surface area contributed by atoms with Crippen LogP contribution in [0.2, 0.25) is 0 Å². The van der Waals surface area contributed by atoms with Crippen LogP contribution in [0.25, 0.3) is 11.1 Å². The van der Waals surface area contributed by atoms with Crippen molar-refractivity contribution in [2.45, 2.75) is 26.3 Å². The smallest absolute Gasteiger partial charge is 0.336 e. The fourth-order valence-electron chi connectivity index (χ4n) is 3.33. The third-order valence-corrected chi connectivity index (χ3v) is 5.70. The van der Waals surface area contributed by atoms with Crippen molar-refractivity contribution in [3.63, 3.8) is 0 Å². The summed E-state index contributed by atoms with van der Waals surface area (Å²) < 4.78 is 0. The van der Waals surface area contributed by atoms with E-state index in [0.717, 1.165) is 0 Å². The van der Waals surface area contributed by atoms with Gasteiger partial charge in [0, 0.05) is 35.0 Å². The molecule has 3 aromatic rings. The molecule has 0 saturated carbocycles. The van der Waals surface area contributed by atoms with Gasteiger partial charge in [0.1, 0.15) is 5.84 Å². The standard InChI is InChI=1S/C27H29N5O4/c1-27(2,3)32(4)31-24(33)17-11-14-20(22(15-17)26(35)36)19-7-5-6-8-21(19)25(34)30-18-12-9-16(10-13-18)23(28)29/h5-15H,1-4H3,(H3,28,29)(H,30,34)(H,31,33)(H,35,36). The second-order valence-electron chi connectivity index (χ2n) is 9.23. The molecule has 0 fully saturated rings. The maximum atomic E-state index is 13.1. The first-order chi connectivity index (χ1) is 16.9. The molecule has 0 spiro atoms. The number of rotatable bonds is 7. The maximum absolute atomic E-state index is 13.1. The Morgan fingerprint density at radius 1 is 0.861 bits per heavy atom. The summed E-state index contributed by atoms with van der Waals surface area (Å²) in [5, 5.41) is 21.8. The normalized spacial score (nSPS) is 11.1. The molecular weight excluding hydrogens is 458 g/mol. The fourth-order valence-corrected chi connectivity index (χ4v) is 3.33. The number of carbonyl (C=O) groups is 3. The molecule has 0 aliphatic heterocycles. The molecule has 0 saturated heterocycles. The van der Waals surface area contributed by atoms with Crippen LogP contribution in [0.4, 0.5) is 5.69 Å². The summed E-state index contributed by atoms with van der Waals surface area (Å²) in [4.78, 5) is 38.0. The van der Waals surface area contributed by atoms with Crippen LogP contribution in [-0.4, -0.2) is 46.3 Å². The minimum absolute atomic E-state index is 0.0819. The Morgan fingerprint density at radius 2 is 1.44 bits per heavy atom. The predicted octanol–water partition coefficient (Wildman–Crippen LogP) is 3.96. The Balaban J connectivity index is 1.95. The number of anilines is 1. The van der Waals surface area contributed by atoms with Crippen LogP contribution in [-0.2, 0) is 0 Å². The van der Waals surface area contributed by atoms with Crippen molar-refractivity contribution in [1.82, 2.24) is 10.4 Å². The van der Waals surface area contributed by atoms with Crippen LogP contribution < -0.4 is 16.5 Å². The zero-order valence-corrected chi connectivity index (χ0v) is 20.5. The van der Waals surface area contributed by atoms with E-state index >= 15 is 0 Å². The summed E-state index contributed by atoms with van der Waals surface area (Å²) in [5.41, 5.74) is 9.96. The summed E-state index contributed by atoms with van der Waals surface area (Å²) >= 11 is 0. The number of hydrazine groups is 1. The first-order valence-electron chi connectivity index (χ1n) is 11.2. The fraction of sp³-hybridized carbons (Fsp3) is 0.185. The Bertz CT molecular complexity index is 1330. The summed E-state index contributed by atoms with van der Waals surface area (Å²) in [6, 6.07) is 17.5. The Hall–Kier alpha value is -4.50. The molecule has 0 bridgehead atoms. The number of carbonyl (C=O) groups excluding carboxylic acids is 2. The minimum Gasteiger partial charge on any atom is -0.478 e. The van der Waals surface area contributed by atoms with E-state index in [2.05, 4.69) is 10.7 Å². The van der Waals surface area contributed by atoms with Crippen LogP contribution in [0, 0.1) is 5.41 Å². The van der Waals surface area contributed by atoms with Gasteiger partial charge in [-0.15, -0.1) is 0 Å². The van der Waals surface area contributed by atoms with Gasteiger partial charge in [0.25, 0.3) is 11.8 Å². The number of carboxylic acids is 1. The molecule has 0 radical (unpaired) electrons. The number of aromatic carboxylic acids is 1. The number of hydrogen-bond acceptors (Lipinski definition) is 5. The highest BCUT2D eigenvalue weighted by Crippen LogP contribution is 2.29. The quantitative estimate of drug-likeness (QED) is 0.193.